The van der Waals surface area contributed by atoms with Gasteiger partial charge < -0.3 is 0 Å². The first kappa shape index (κ1) is 20.9. The van der Waals surface area contributed by atoms with Crippen molar-refractivity contribution < 1.29 is 16.8 Å². The van der Waals surface area contributed by atoms with Crippen molar-refractivity contribution >= 4 is 42.9 Å². The fourth-order valence-corrected chi connectivity index (χ4v) is 12.2. The van der Waals surface area contributed by atoms with Gasteiger partial charge in [-0.25, -0.2) is 16.8 Å². The van der Waals surface area contributed by atoms with E-state index in [0.29, 0.717) is 11.4 Å². The molecule has 0 aromatic heterocycles. The van der Waals surface area contributed by atoms with Crippen LogP contribution in [0, 0.1) is 33.5 Å². The molecule has 5 aliphatic carbocycles. The van der Waals surface area contributed by atoms with Gasteiger partial charge in [-0.05, 0) is 42.9 Å². The molecule has 2 spiro atoms. The van der Waals surface area contributed by atoms with E-state index in [1.54, 1.807) is 0 Å². The summed E-state index contributed by atoms with van der Waals surface area (Å²) >= 11 is 0. The molecule has 0 aromatic rings. The largest absolute Gasteiger partial charge is 0.282 e. The van der Waals surface area contributed by atoms with Crippen molar-refractivity contribution in [2.45, 2.75) is 71.9 Å². The van der Waals surface area contributed by atoms with E-state index in [1.807, 2.05) is 0 Å². The highest BCUT2D eigenvalue weighted by atomic mass is 32.2. The molecule has 33 heavy (non-hydrogen) atoms. The Morgan fingerprint density at radius 1 is 0.727 bits per heavy atom. The van der Waals surface area contributed by atoms with Crippen molar-refractivity contribution in [3.63, 3.8) is 0 Å². The van der Waals surface area contributed by atoms with Crippen LogP contribution >= 0.6 is 0 Å². The number of rotatable bonds is 2. The zero-order valence-corrected chi connectivity index (χ0v) is 21.1. The van der Waals surface area contributed by atoms with E-state index in [9.17, 15) is 16.8 Å². The minimum atomic E-state index is -3.43. The standard InChI is InChI=1S/C23H30N4O4S2/c1-20(2)12-5-7-22(20)10-32(28,29)26-18(22)16(12)24-14-9-15(14)25-17-13-6-8-23(21(13,3)4)11-33(30,31)27-19(17)23/h12-15H,5-11H2,1-4H3/t12?,13?,14-,15?,22?,23?/m0/s1. The number of fused-ring (bicyclic) bond motifs is 2. The van der Waals surface area contributed by atoms with Gasteiger partial charge in [0.15, 0.2) is 0 Å². The SMILES string of the molecule is CC1(C)C2CCC13CS(=O)(=O)N=C3C2=NC1C[C@@H]1N=C1C2=NS(=O)(=O)CC23CCC1C3(C)C. The highest BCUT2D eigenvalue weighted by molar-refractivity contribution is 7.91. The van der Waals surface area contributed by atoms with Crippen LogP contribution in [0.5, 0.6) is 0 Å². The van der Waals surface area contributed by atoms with Crippen LogP contribution in [0.3, 0.4) is 0 Å². The summed E-state index contributed by atoms with van der Waals surface area (Å²) in [5.41, 5.74) is 2.13. The molecule has 5 unspecified atom stereocenters. The normalized spacial score (nSPS) is 50.5. The van der Waals surface area contributed by atoms with Crippen LogP contribution in [0.2, 0.25) is 0 Å². The molecule has 6 atom stereocenters. The van der Waals surface area contributed by atoms with Crippen LogP contribution in [-0.2, 0) is 20.0 Å². The van der Waals surface area contributed by atoms with Crippen molar-refractivity contribution in [2.75, 3.05) is 11.5 Å². The average Bonchev–Trinajstić information content (AvgIpc) is 2.83. The van der Waals surface area contributed by atoms with Gasteiger partial charge in [0.2, 0.25) is 0 Å². The van der Waals surface area contributed by atoms with Gasteiger partial charge in [0, 0.05) is 22.7 Å². The highest BCUT2D eigenvalue weighted by Gasteiger charge is 2.71. The molecule has 7 aliphatic rings. The molecule has 5 fully saturated rings. The van der Waals surface area contributed by atoms with E-state index < -0.39 is 20.0 Å². The number of hydrogen-bond donors (Lipinski definition) is 0. The van der Waals surface area contributed by atoms with Gasteiger partial charge in [-0.2, -0.15) is 8.80 Å². The van der Waals surface area contributed by atoms with Crippen LogP contribution in [0.4, 0.5) is 0 Å². The second kappa shape index (κ2) is 5.53. The highest BCUT2D eigenvalue weighted by Crippen LogP contribution is 2.67. The monoisotopic (exact) mass is 490 g/mol. The summed E-state index contributed by atoms with van der Waals surface area (Å²) in [7, 11) is -6.87. The minimum absolute atomic E-state index is 0.0162. The van der Waals surface area contributed by atoms with Crippen molar-refractivity contribution in [3.8, 4) is 0 Å². The molecule has 0 radical (unpaired) electrons. The summed E-state index contributed by atoms with van der Waals surface area (Å²) in [6.45, 7) is 8.68. The molecular formula is C23H30N4O4S2. The molecule has 7 rings (SSSR count). The van der Waals surface area contributed by atoms with Crippen molar-refractivity contribution in [1.82, 2.24) is 0 Å². The van der Waals surface area contributed by atoms with Crippen molar-refractivity contribution in [3.05, 3.63) is 0 Å². The van der Waals surface area contributed by atoms with Gasteiger partial charge in [-0.3, -0.25) is 9.98 Å². The number of sulfonamides is 2. The molecular weight excluding hydrogens is 460 g/mol. The van der Waals surface area contributed by atoms with E-state index in [-0.39, 0.29) is 57.1 Å². The summed E-state index contributed by atoms with van der Waals surface area (Å²) in [6.07, 6.45) is 4.46. The van der Waals surface area contributed by atoms with Crippen LogP contribution in [0.15, 0.2) is 18.8 Å². The topological polar surface area (TPSA) is 118 Å². The Bertz CT molecular complexity index is 1270. The Kier molecular flexibility index (Phi) is 3.50. The number of aliphatic imine (C=N–C) groups is 2. The lowest BCUT2D eigenvalue weighted by Gasteiger charge is -2.33. The summed E-state index contributed by atoms with van der Waals surface area (Å²) in [4.78, 5) is 10.1. The third-order valence-electron chi connectivity index (χ3n) is 10.6. The molecule has 2 heterocycles. The fourth-order valence-electron chi connectivity index (χ4n) is 8.43. The Morgan fingerprint density at radius 2 is 1.12 bits per heavy atom. The van der Waals surface area contributed by atoms with Gasteiger partial charge in [-0.1, -0.05) is 27.7 Å². The summed E-state index contributed by atoms with van der Waals surface area (Å²) < 4.78 is 58.1. The molecule has 4 bridgehead atoms. The zero-order valence-electron chi connectivity index (χ0n) is 19.5. The first-order valence-electron chi connectivity index (χ1n) is 12.1. The summed E-state index contributed by atoms with van der Waals surface area (Å²) in [5, 5.41) is 0. The summed E-state index contributed by atoms with van der Waals surface area (Å²) in [5.74, 6) is 0.715. The van der Waals surface area contributed by atoms with Crippen molar-refractivity contribution in [1.29, 1.82) is 0 Å². The smallest absolute Gasteiger partial charge is 0.254 e. The molecule has 10 heteroatoms. The average molecular weight is 491 g/mol. The van der Waals surface area contributed by atoms with Crippen LogP contribution in [0.1, 0.15) is 59.8 Å². The predicted molar refractivity (Wildman–Crippen MR) is 127 cm³/mol. The third kappa shape index (κ3) is 2.28. The fraction of sp³-hybridized carbons (Fsp3) is 0.826. The van der Waals surface area contributed by atoms with Gasteiger partial charge in [0.05, 0.1) is 46.4 Å². The van der Waals surface area contributed by atoms with Gasteiger partial charge in [0.1, 0.15) is 0 Å². The van der Waals surface area contributed by atoms with Crippen LogP contribution in [-0.4, -0.2) is 63.3 Å². The zero-order chi connectivity index (χ0) is 23.4. The molecule has 5 saturated carbocycles. The summed E-state index contributed by atoms with van der Waals surface area (Å²) in [6, 6.07) is 0.0324. The molecule has 0 N–H and O–H groups in total. The molecule has 178 valence electrons. The maximum Gasteiger partial charge on any atom is 0.254 e. The Hall–Kier alpha value is -1.42. The quantitative estimate of drug-likeness (QED) is 0.591. The van der Waals surface area contributed by atoms with Gasteiger partial charge in [-0.15, -0.1) is 0 Å². The molecule has 8 nitrogen and oxygen atoms in total. The molecule has 2 aliphatic heterocycles. The first-order valence-corrected chi connectivity index (χ1v) is 15.3. The first-order chi connectivity index (χ1) is 15.2. The third-order valence-corrected chi connectivity index (χ3v) is 13.3. The van der Waals surface area contributed by atoms with Gasteiger partial charge >= 0.3 is 0 Å². The Balaban J connectivity index is 1.24. The minimum Gasteiger partial charge on any atom is -0.282 e. The van der Waals surface area contributed by atoms with E-state index in [1.165, 1.54) is 0 Å². The van der Waals surface area contributed by atoms with E-state index in [2.05, 4.69) is 36.5 Å². The van der Waals surface area contributed by atoms with Crippen LogP contribution in [0.25, 0.3) is 0 Å². The lowest BCUT2D eigenvalue weighted by Crippen LogP contribution is -2.38. The lowest BCUT2D eigenvalue weighted by molar-refractivity contribution is 0.213. The van der Waals surface area contributed by atoms with Crippen molar-refractivity contribution in [2.24, 2.45) is 52.3 Å². The Morgan fingerprint density at radius 3 is 1.52 bits per heavy atom. The van der Waals surface area contributed by atoms with E-state index in [0.717, 1.165) is 43.5 Å². The van der Waals surface area contributed by atoms with Gasteiger partial charge in [0.25, 0.3) is 20.0 Å². The number of nitrogens with zero attached hydrogens (tertiary/aromatic N) is 4. The lowest BCUT2D eigenvalue weighted by atomic mass is 9.70. The second-order valence-corrected chi connectivity index (χ2v) is 15.8. The van der Waals surface area contributed by atoms with E-state index in [4.69, 9.17) is 9.98 Å². The molecule has 0 amide bonds. The maximum atomic E-state index is 12.4. The van der Waals surface area contributed by atoms with Crippen LogP contribution < -0.4 is 0 Å². The molecule has 0 saturated heterocycles. The second-order valence-electron chi connectivity index (χ2n) is 12.5. The van der Waals surface area contributed by atoms with E-state index >= 15 is 0 Å². The maximum absolute atomic E-state index is 12.4. The number of hydrogen-bond acceptors (Lipinski definition) is 6. The Labute approximate surface area is 195 Å². The predicted octanol–water partition coefficient (Wildman–Crippen LogP) is 2.45. The molecule has 0 aromatic carbocycles.